The number of benzene rings is 2. The molecule has 2 aromatic carbocycles. The van der Waals surface area contributed by atoms with Crippen LogP contribution in [-0.2, 0) is 19.6 Å². The van der Waals surface area contributed by atoms with Gasteiger partial charge in [-0.25, -0.2) is 8.42 Å². The number of carbonyl (C=O) groups excluding carboxylic acids is 3. The number of amides is 3. The average Bonchev–Trinajstić information content (AvgIpc) is 2.77. The lowest BCUT2D eigenvalue weighted by molar-refractivity contribution is -0.117. The molecule has 0 bridgehead atoms. The normalized spacial score (nSPS) is 19.0. The van der Waals surface area contributed by atoms with Gasteiger partial charge in [-0.3, -0.25) is 14.4 Å². The zero-order chi connectivity index (χ0) is 24.2. The van der Waals surface area contributed by atoms with Gasteiger partial charge in [-0.1, -0.05) is 6.07 Å². The Morgan fingerprint density at radius 1 is 1.00 bits per heavy atom. The van der Waals surface area contributed by atoms with E-state index in [9.17, 15) is 22.8 Å². The molecule has 10 nitrogen and oxygen atoms in total. The number of morpholine rings is 1. The van der Waals surface area contributed by atoms with Crippen LogP contribution in [0.4, 0.5) is 5.69 Å². The molecule has 33 heavy (non-hydrogen) atoms. The van der Waals surface area contributed by atoms with Gasteiger partial charge >= 0.3 is 0 Å². The maximum atomic E-state index is 13.1. The Morgan fingerprint density at radius 3 is 2.24 bits per heavy atom. The number of nitrogens with one attached hydrogen (secondary N) is 2. The van der Waals surface area contributed by atoms with E-state index in [0.717, 1.165) is 0 Å². The van der Waals surface area contributed by atoms with Crippen molar-refractivity contribution in [1.82, 2.24) is 9.62 Å². The van der Waals surface area contributed by atoms with Crippen LogP contribution >= 0.6 is 0 Å². The molecule has 0 aliphatic carbocycles. The number of nitrogens with zero attached hydrogens (tertiary/aromatic N) is 1. The molecule has 0 aromatic heterocycles. The topological polar surface area (TPSA) is 148 Å². The van der Waals surface area contributed by atoms with Crippen LogP contribution in [0, 0.1) is 0 Å². The standard InChI is InChI=1S/C22H26N4O6S/c1-14-12-26(13-15(2)32-14)33(30,31)19-5-3-4-17(10-19)22(29)25-18-8-6-16(7-9-18)21(28)24-11-20(23)27/h3-10,14-15H,11-13H2,1-2H3,(H2,23,27)(H,24,28)(H,25,29). The van der Waals surface area contributed by atoms with Crippen LogP contribution in [0.5, 0.6) is 0 Å². The third kappa shape index (κ3) is 6.15. The molecule has 1 aliphatic rings. The minimum atomic E-state index is -3.79. The van der Waals surface area contributed by atoms with Crippen LogP contribution < -0.4 is 16.4 Å². The van der Waals surface area contributed by atoms with Gasteiger partial charge in [0.05, 0.1) is 23.6 Å². The molecule has 1 aliphatic heterocycles. The summed E-state index contributed by atoms with van der Waals surface area (Å²) in [5.41, 5.74) is 5.87. The fourth-order valence-electron chi connectivity index (χ4n) is 3.45. The summed E-state index contributed by atoms with van der Waals surface area (Å²) in [6.45, 7) is 3.83. The number of rotatable bonds is 7. The van der Waals surface area contributed by atoms with Crippen molar-refractivity contribution in [2.24, 2.45) is 5.73 Å². The van der Waals surface area contributed by atoms with Crippen LogP contribution in [0.3, 0.4) is 0 Å². The number of carbonyl (C=O) groups is 3. The van der Waals surface area contributed by atoms with E-state index in [1.165, 1.54) is 52.8 Å². The molecule has 1 saturated heterocycles. The van der Waals surface area contributed by atoms with E-state index in [0.29, 0.717) is 5.69 Å². The van der Waals surface area contributed by atoms with Gasteiger partial charge in [0.2, 0.25) is 15.9 Å². The molecule has 0 radical (unpaired) electrons. The molecule has 2 aromatic rings. The van der Waals surface area contributed by atoms with Gasteiger partial charge in [0.15, 0.2) is 0 Å². The highest BCUT2D eigenvalue weighted by atomic mass is 32.2. The van der Waals surface area contributed by atoms with Crippen LogP contribution in [-0.4, -0.2) is 62.3 Å². The zero-order valence-electron chi connectivity index (χ0n) is 18.3. The van der Waals surface area contributed by atoms with Crippen molar-refractivity contribution in [3.05, 3.63) is 59.7 Å². The monoisotopic (exact) mass is 474 g/mol. The fourth-order valence-corrected chi connectivity index (χ4v) is 5.09. The number of nitrogens with two attached hydrogens (primary N) is 1. The van der Waals surface area contributed by atoms with Crippen molar-refractivity contribution in [3.8, 4) is 0 Å². The van der Waals surface area contributed by atoms with Gasteiger partial charge in [-0.15, -0.1) is 0 Å². The minimum Gasteiger partial charge on any atom is -0.373 e. The molecule has 2 atom stereocenters. The highest BCUT2D eigenvalue weighted by Gasteiger charge is 2.32. The molecular weight excluding hydrogens is 448 g/mol. The van der Waals surface area contributed by atoms with E-state index < -0.39 is 27.7 Å². The molecule has 3 amide bonds. The quantitative estimate of drug-likeness (QED) is 0.544. The molecule has 0 saturated carbocycles. The third-order valence-electron chi connectivity index (χ3n) is 4.95. The molecule has 176 valence electrons. The Balaban J connectivity index is 1.71. The van der Waals surface area contributed by atoms with E-state index in [1.54, 1.807) is 0 Å². The van der Waals surface area contributed by atoms with Gasteiger partial charge in [0.25, 0.3) is 11.8 Å². The smallest absolute Gasteiger partial charge is 0.255 e. The van der Waals surface area contributed by atoms with E-state index in [4.69, 9.17) is 10.5 Å². The largest absolute Gasteiger partial charge is 0.373 e. The lowest BCUT2D eigenvalue weighted by atomic mass is 10.1. The second-order valence-electron chi connectivity index (χ2n) is 7.79. The van der Waals surface area contributed by atoms with Gasteiger partial charge in [-0.05, 0) is 56.3 Å². The number of hydrogen-bond acceptors (Lipinski definition) is 6. The van der Waals surface area contributed by atoms with E-state index in [2.05, 4.69) is 10.6 Å². The molecule has 0 spiro atoms. The van der Waals surface area contributed by atoms with Crippen molar-refractivity contribution in [2.75, 3.05) is 25.0 Å². The summed E-state index contributed by atoms with van der Waals surface area (Å²) >= 11 is 0. The van der Waals surface area contributed by atoms with Gasteiger partial charge in [0.1, 0.15) is 0 Å². The van der Waals surface area contributed by atoms with Crippen LogP contribution in [0.1, 0.15) is 34.6 Å². The van der Waals surface area contributed by atoms with Crippen LogP contribution in [0.25, 0.3) is 0 Å². The second-order valence-corrected chi connectivity index (χ2v) is 9.73. The van der Waals surface area contributed by atoms with E-state index >= 15 is 0 Å². The lowest BCUT2D eigenvalue weighted by Gasteiger charge is -2.34. The number of sulfonamides is 1. The predicted octanol–water partition coefficient (Wildman–Crippen LogP) is 0.952. The van der Waals surface area contributed by atoms with E-state index in [1.807, 2.05) is 13.8 Å². The second kappa shape index (κ2) is 10.1. The van der Waals surface area contributed by atoms with Gasteiger partial charge in [0, 0.05) is 29.9 Å². The van der Waals surface area contributed by atoms with Crippen molar-refractivity contribution < 1.29 is 27.5 Å². The summed E-state index contributed by atoms with van der Waals surface area (Å²) in [5.74, 6) is -1.63. The highest BCUT2D eigenvalue weighted by molar-refractivity contribution is 7.89. The summed E-state index contributed by atoms with van der Waals surface area (Å²) < 4.78 is 33.1. The first-order valence-corrected chi connectivity index (χ1v) is 11.7. The Bertz CT molecular complexity index is 1140. The first kappa shape index (κ1) is 24.4. The Labute approximate surface area is 192 Å². The predicted molar refractivity (Wildman–Crippen MR) is 121 cm³/mol. The molecule has 1 heterocycles. The van der Waals surface area contributed by atoms with Crippen molar-refractivity contribution in [1.29, 1.82) is 0 Å². The highest BCUT2D eigenvalue weighted by Crippen LogP contribution is 2.22. The van der Waals surface area contributed by atoms with Gasteiger partial charge in [-0.2, -0.15) is 4.31 Å². The van der Waals surface area contributed by atoms with E-state index in [-0.39, 0.29) is 47.9 Å². The maximum Gasteiger partial charge on any atom is 0.255 e. The minimum absolute atomic E-state index is 0.0259. The Kier molecular flexibility index (Phi) is 7.46. The molecular formula is C22H26N4O6S. The van der Waals surface area contributed by atoms with Crippen LogP contribution in [0.15, 0.2) is 53.4 Å². The number of primary amides is 1. The van der Waals surface area contributed by atoms with Gasteiger partial charge < -0.3 is 21.1 Å². The summed E-state index contributed by atoms with van der Waals surface area (Å²) in [6, 6.07) is 11.8. The number of anilines is 1. The molecule has 11 heteroatoms. The molecule has 3 rings (SSSR count). The Hall–Kier alpha value is -3.28. The summed E-state index contributed by atoms with van der Waals surface area (Å²) in [5, 5.41) is 5.04. The third-order valence-corrected chi connectivity index (χ3v) is 6.78. The van der Waals surface area contributed by atoms with Crippen LogP contribution in [0.2, 0.25) is 0 Å². The lowest BCUT2D eigenvalue weighted by Crippen LogP contribution is -2.48. The average molecular weight is 475 g/mol. The van der Waals surface area contributed by atoms with Crippen molar-refractivity contribution >= 4 is 33.4 Å². The number of ether oxygens (including phenoxy) is 1. The summed E-state index contributed by atoms with van der Waals surface area (Å²) in [6.07, 6.45) is -0.452. The molecule has 2 unspecified atom stereocenters. The Morgan fingerprint density at radius 2 is 1.64 bits per heavy atom. The van der Waals surface area contributed by atoms with Crippen molar-refractivity contribution in [2.45, 2.75) is 31.0 Å². The summed E-state index contributed by atoms with van der Waals surface area (Å²) in [4.78, 5) is 35.4. The fraction of sp³-hybridized carbons (Fsp3) is 0.318. The molecule has 4 N–H and O–H groups in total. The SMILES string of the molecule is CC1CN(S(=O)(=O)c2cccc(C(=O)Nc3ccc(C(=O)NCC(N)=O)cc3)c2)CC(C)O1. The summed E-state index contributed by atoms with van der Waals surface area (Å²) in [7, 11) is -3.79. The number of hydrogen-bond donors (Lipinski definition) is 3. The maximum absolute atomic E-state index is 13.1. The molecule has 1 fully saturated rings. The van der Waals surface area contributed by atoms with Crippen molar-refractivity contribution in [3.63, 3.8) is 0 Å². The first-order chi connectivity index (χ1) is 15.6. The first-order valence-electron chi connectivity index (χ1n) is 10.3. The zero-order valence-corrected chi connectivity index (χ0v) is 19.1.